The molecule has 0 heterocycles. The highest BCUT2D eigenvalue weighted by molar-refractivity contribution is 5.43. The molecule has 1 aliphatic carbocycles. The van der Waals surface area contributed by atoms with Gasteiger partial charge in [-0.25, -0.2) is 0 Å². The van der Waals surface area contributed by atoms with Crippen LogP contribution in [0.5, 0.6) is 11.5 Å². The number of methoxy groups -OCH3 is 1. The van der Waals surface area contributed by atoms with E-state index in [2.05, 4.69) is 6.07 Å². The number of nitrogens with zero attached hydrogens (tertiary/aromatic N) is 1. The molecular formula is C15H20N2O2. The average molecular weight is 260 g/mol. The zero-order valence-electron chi connectivity index (χ0n) is 11.5. The first-order valence-corrected chi connectivity index (χ1v) is 6.53. The fraction of sp³-hybridized carbons (Fsp3) is 0.533. The first kappa shape index (κ1) is 13.7. The number of nitriles is 1. The lowest BCUT2D eigenvalue weighted by molar-refractivity contribution is 0.227. The van der Waals surface area contributed by atoms with Gasteiger partial charge in [-0.1, -0.05) is 6.07 Å². The van der Waals surface area contributed by atoms with Crippen LogP contribution in [-0.2, 0) is 0 Å². The molecule has 4 heteroatoms. The van der Waals surface area contributed by atoms with Gasteiger partial charge in [0.25, 0.3) is 0 Å². The van der Waals surface area contributed by atoms with Crippen molar-refractivity contribution < 1.29 is 9.47 Å². The second-order valence-corrected chi connectivity index (χ2v) is 5.32. The summed E-state index contributed by atoms with van der Waals surface area (Å²) in [5.41, 5.74) is 6.93. The van der Waals surface area contributed by atoms with Crippen LogP contribution >= 0.6 is 0 Å². The highest BCUT2D eigenvalue weighted by atomic mass is 16.5. The maximum atomic E-state index is 8.79. The van der Waals surface area contributed by atoms with E-state index in [1.54, 1.807) is 7.11 Å². The molecule has 0 unspecified atom stereocenters. The lowest BCUT2D eigenvalue weighted by atomic mass is 10.1. The van der Waals surface area contributed by atoms with Gasteiger partial charge in [-0.15, -0.1) is 0 Å². The van der Waals surface area contributed by atoms with Gasteiger partial charge < -0.3 is 15.2 Å². The third kappa shape index (κ3) is 3.18. The Kier molecular flexibility index (Phi) is 3.96. The smallest absolute Gasteiger partial charge is 0.161 e. The van der Waals surface area contributed by atoms with Crippen molar-refractivity contribution in [3.63, 3.8) is 0 Å². The van der Waals surface area contributed by atoms with E-state index < -0.39 is 0 Å². The maximum Gasteiger partial charge on any atom is 0.161 e. The number of hydrogen-bond acceptors (Lipinski definition) is 4. The molecule has 0 aliphatic heterocycles. The van der Waals surface area contributed by atoms with Gasteiger partial charge >= 0.3 is 0 Å². The van der Waals surface area contributed by atoms with Crippen molar-refractivity contribution in [3.05, 3.63) is 23.8 Å². The van der Waals surface area contributed by atoms with E-state index in [-0.39, 0.29) is 11.5 Å². The van der Waals surface area contributed by atoms with Gasteiger partial charge in [-0.05, 0) is 37.5 Å². The van der Waals surface area contributed by atoms with E-state index in [9.17, 15) is 0 Å². The average Bonchev–Trinajstić information content (AvgIpc) is 3.16. The van der Waals surface area contributed by atoms with Gasteiger partial charge in [0.15, 0.2) is 11.5 Å². The van der Waals surface area contributed by atoms with Crippen molar-refractivity contribution in [1.82, 2.24) is 0 Å². The van der Waals surface area contributed by atoms with E-state index in [0.29, 0.717) is 18.8 Å². The van der Waals surface area contributed by atoms with Crippen molar-refractivity contribution >= 4 is 0 Å². The van der Waals surface area contributed by atoms with Crippen LogP contribution in [0.4, 0.5) is 0 Å². The second kappa shape index (κ2) is 5.50. The van der Waals surface area contributed by atoms with Crippen LogP contribution in [0, 0.1) is 16.7 Å². The minimum absolute atomic E-state index is 0.0312. The predicted molar refractivity (Wildman–Crippen MR) is 73.0 cm³/mol. The molecule has 0 bridgehead atoms. The number of ether oxygens (including phenoxy) is 2. The van der Waals surface area contributed by atoms with Crippen LogP contribution in [0.3, 0.4) is 0 Å². The fourth-order valence-electron chi connectivity index (χ4n) is 2.03. The first-order valence-electron chi connectivity index (χ1n) is 6.53. The summed E-state index contributed by atoms with van der Waals surface area (Å²) in [6, 6.07) is 7.95. The number of hydrogen-bond donors (Lipinski definition) is 1. The monoisotopic (exact) mass is 260 g/mol. The Morgan fingerprint density at radius 2 is 2.16 bits per heavy atom. The summed E-state index contributed by atoms with van der Waals surface area (Å²) in [5, 5.41) is 8.79. The largest absolute Gasteiger partial charge is 0.493 e. The minimum Gasteiger partial charge on any atom is -0.493 e. The zero-order valence-corrected chi connectivity index (χ0v) is 11.5. The maximum absolute atomic E-state index is 8.79. The topological polar surface area (TPSA) is 68.3 Å². The Bertz CT molecular complexity index is 487. The highest BCUT2D eigenvalue weighted by Gasteiger charge is 2.43. The molecule has 1 aromatic carbocycles. The molecule has 0 radical (unpaired) electrons. The molecule has 4 nitrogen and oxygen atoms in total. The molecule has 0 spiro atoms. The van der Waals surface area contributed by atoms with E-state index in [4.69, 9.17) is 20.5 Å². The molecule has 102 valence electrons. The van der Waals surface area contributed by atoms with Gasteiger partial charge in [0, 0.05) is 17.9 Å². The number of rotatable bonds is 6. The summed E-state index contributed by atoms with van der Waals surface area (Å²) in [6.45, 7) is 2.51. The lowest BCUT2D eigenvalue weighted by Crippen LogP contribution is -2.13. The van der Waals surface area contributed by atoms with Crippen molar-refractivity contribution in [2.45, 2.75) is 32.2 Å². The van der Waals surface area contributed by atoms with Crippen LogP contribution < -0.4 is 15.2 Å². The highest BCUT2D eigenvalue weighted by Crippen LogP contribution is 2.49. The number of nitrogens with two attached hydrogens (primary N) is 1. The Hall–Kier alpha value is -1.73. The van der Waals surface area contributed by atoms with Gasteiger partial charge in [-0.2, -0.15) is 5.26 Å². The number of benzene rings is 1. The summed E-state index contributed by atoms with van der Waals surface area (Å²) in [7, 11) is 1.62. The lowest BCUT2D eigenvalue weighted by Gasteiger charge is -2.16. The Balaban J connectivity index is 2.06. The summed E-state index contributed by atoms with van der Waals surface area (Å²) >= 11 is 0. The molecule has 1 aromatic rings. The molecule has 1 saturated carbocycles. The van der Waals surface area contributed by atoms with Crippen LogP contribution in [0.2, 0.25) is 0 Å². The van der Waals surface area contributed by atoms with Crippen molar-refractivity contribution in [1.29, 1.82) is 5.26 Å². The van der Waals surface area contributed by atoms with E-state index >= 15 is 0 Å². The first-order chi connectivity index (χ1) is 9.10. The molecule has 0 saturated heterocycles. The molecule has 2 N–H and O–H groups in total. The van der Waals surface area contributed by atoms with Crippen LogP contribution in [-0.4, -0.2) is 13.7 Å². The molecule has 1 atom stereocenters. The summed E-state index contributed by atoms with van der Waals surface area (Å²) in [4.78, 5) is 0. The molecular weight excluding hydrogens is 240 g/mol. The SMILES string of the molecule is COc1cc([C@H](C)N)ccc1OCC1(CC#N)CC1. The van der Waals surface area contributed by atoms with Crippen molar-refractivity contribution in [3.8, 4) is 17.6 Å². The minimum atomic E-state index is -0.0312. The zero-order chi connectivity index (χ0) is 13.9. The summed E-state index contributed by atoms with van der Waals surface area (Å²) < 4.78 is 11.2. The summed E-state index contributed by atoms with van der Waals surface area (Å²) in [6.07, 6.45) is 2.70. The predicted octanol–water partition coefficient (Wildman–Crippen LogP) is 2.79. The molecule has 2 rings (SSSR count). The van der Waals surface area contributed by atoms with Gasteiger partial charge in [0.1, 0.15) is 0 Å². The van der Waals surface area contributed by atoms with Gasteiger partial charge in [-0.3, -0.25) is 0 Å². The van der Waals surface area contributed by atoms with Crippen LogP contribution in [0.25, 0.3) is 0 Å². The van der Waals surface area contributed by atoms with Gasteiger partial charge in [0.2, 0.25) is 0 Å². The van der Waals surface area contributed by atoms with Gasteiger partial charge in [0.05, 0.1) is 19.8 Å². The normalized spacial score (nSPS) is 17.4. The molecule has 19 heavy (non-hydrogen) atoms. The third-order valence-electron chi connectivity index (χ3n) is 3.66. The van der Waals surface area contributed by atoms with E-state index in [1.807, 2.05) is 25.1 Å². The Morgan fingerprint density at radius 1 is 1.42 bits per heavy atom. The molecule has 1 aliphatic rings. The molecule has 0 aromatic heterocycles. The molecule has 0 amide bonds. The quantitative estimate of drug-likeness (QED) is 0.854. The standard InChI is InChI=1S/C15H20N2O2/c1-11(17)12-3-4-13(14(9-12)18-2)19-10-15(5-6-15)7-8-16/h3-4,9,11H,5-7,10,17H2,1-2H3/t11-/m0/s1. The van der Waals surface area contributed by atoms with Crippen molar-refractivity contribution in [2.24, 2.45) is 11.1 Å². The van der Waals surface area contributed by atoms with Crippen LogP contribution in [0.1, 0.15) is 37.8 Å². The van der Waals surface area contributed by atoms with Crippen LogP contribution in [0.15, 0.2) is 18.2 Å². The Labute approximate surface area is 114 Å². The second-order valence-electron chi connectivity index (χ2n) is 5.32. The third-order valence-corrected chi connectivity index (χ3v) is 3.66. The fourth-order valence-corrected chi connectivity index (χ4v) is 2.03. The summed E-state index contributed by atoms with van der Waals surface area (Å²) in [5.74, 6) is 1.42. The molecule has 1 fully saturated rings. The Morgan fingerprint density at radius 3 is 2.68 bits per heavy atom. The van der Waals surface area contributed by atoms with E-state index in [1.165, 1.54) is 0 Å². The van der Waals surface area contributed by atoms with E-state index in [0.717, 1.165) is 24.2 Å². The van der Waals surface area contributed by atoms with Crippen molar-refractivity contribution in [2.75, 3.05) is 13.7 Å².